The molecule has 0 atom stereocenters. The van der Waals surface area contributed by atoms with Gasteiger partial charge in [-0.1, -0.05) is 0 Å². The first-order valence-electron chi connectivity index (χ1n) is 4.47. The number of nitrogens with zero attached hydrogens (tertiary/aromatic N) is 4. The maximum Gasteiger partial charge on any atom is 0.231 e. The smallest absolute Gasteiger partial charge is 0.231 e. The van der Waals surface area contributed by atoms with Gasteiger partial charge in [-0.2, -0.15) is 0 Å². The van der Waals surface area contributed by atoms with Gasteiger partial charge in [0.25, 0.3) is 0 Å². The third-order valence-electron chi connectivity index (χ3n) is 2.25. The maximum atomic E-state index is 5.28. The van der Waals surface area contributed by atoms with Crippen LogP contribution in [0.25, 0.3) is 11.4 Å². The fraction of sp³-hybridized carbons (Fsp3) is 0.222. The second kappa shape index (κ2) is 2.94. The number of aryl methyl sites for hydroxylation is 1. The SMILES string of the molecule is Cn1nnnc1-c1ccc2c(c1)OCO2. The van der Waals surface area contributed by atoms with Gasteiger partial charge in [0.2, 0.25) is 6.79 Å². The fourth-order valence-corrected chi connectivity index (χ4v) is 1.51. The highest BCUT2D eigenvalue weighted by molar-refractivity contribution is 5.61. The Kier molecular flexibility index (Phi) is 1.61. The summed E-state index contributed by atoms with van der Waals surface area (Å²) in [5.41, 5.74) is 0.909. The van der Waals surface area contributed by atoms with E-state index in [2.05, 4.69) is 15.5 Å². The lowest BCUT2D eigenvalue weighted by molar-refractivity contribution is 0.174. The minimum absolute atomic E-state index is 0.274. The lowest BCUT2D eigenvalue weighted by Gasteiger charge is -2.00. The van der Waals surface area contributed by atoms with Gasteiger partial charge in [0, 0.05) is 12.6 Å². The van der Waals surface area contributed by atoms with Gasteiger partial charge >= 0.3 is 0 Å². The van der Waals surface area contributed by atoms with E-state index in [1.807, 2.05) is 18.2 Å². The highest BCUT2D eigenvalue weighted by Gasteiger charge is 2.15. The molecule has 0 unspecified atom stereocenters. The average Bonchev–Trinajstić information content (AvgIpc) is 2.84. The maximum absolute atomic E-state index is 5.28. The van der Waals surface area contributed by atoms with Crippen LogP contribution >= 0.6 is 0 Å². The average molecular weight is 204 g/mol. The second-order valence-corrected chi connectivity index (χ2v) is 3.19. The van der Waals surface area contributed by atoms with E-state index in [-0.39, 0.29) is 6.79 Å². The first-order valence-corrected chi connectivity index (χ1v) is 4.47. The number of hydrogen-bond donors (Lipinski definition) is 0. The standard InChI is InChI=1S/C9H8N4O2/c1-13-9(10-11-12-13)6-2-3-7-8(4-6)15-5-14-7/h2-4H,5H2,1H3. The van der Waals surface area contributed by atoms with Crippen LogP contribution in [0.5, 0.6) is 11.5 Å². The largest absolute Gasteiger partial charge is 0.454 e. The summed E-state index contributed by atoms with van der Waals surface area (Å²) < 4.78 is 12.1. The van der Waals surface area contributed by atoms with Crippen LogP contribution in [-0.2, 0) is 7.05 Å². The molecule has 1 aliphatic rings. The Hall–Kier alpha value is -2.11. The highest BCUT2D eigenvalue weighted by atomic mass is 16.7. The van der Waals surface area contributed by atoms with E-state index in [1.165, 1.54) is 0 Å². The van der Waals surface area contributed by atoms with Crippen molar-refractivity contribution in [2.75, 3.05) is 6.79 Å². The lowest BCUT2D eigenvalue weighted by atomic mass is 10.2. The summed E-state index contributed by atoms with van der Waals surface area (Å²) >= 11 is 0. The molecule has 15 heavy (non-hydrogen) atoms. The van der Waals surface area contributed by atoms with Crippen LogP contribution in [-0.4, -0.2) is 27.0 Å². The van der Waals surface area contributed by atoms with Crippen LogP contribution in [0.15, 0.2) is 18.2 Å². The lowest BCUT2D eigenvalue weighted by Crippen LogP contribution is -1.94. The quantitative estimate of drug-likeness (QED) is 0.680. The molecule has 0 saturated heterocycles. The first kappa shape index (κ1) is 8.22. The first-order chi connectivity index (χ1) is 7.34. The zero-order valence-corrected chi connectivity index (χ0v) is 8.04. The molecule has 0 amide bonds. The van der Waals surface area contributed by atoms with E-state index in [0.29, 0.717) is 5.82 Å². The van der Waals surface area contributed by atoms with Gasteiger partial charge in [-0.25, -0.2) is 4.68 Å². The number of rotatable bonds is 1. The van der Waals surface area contributed by atoms with Crippen LogP contribution in [0.1, 0.15) is 0 Å². The van der Waals surface area contributed by atoms with Crippen LogP contribution < -0.4 is 9.47 Å². The molecule has 1 aromatic heterocycles. The summed E-state index contributed by atoms with van der Waals surface area (Å²) in [6, 6.07) is 5.62. The van der Waals surface area contributed by atoms with Crippen LogP contribution in [0, 0.1) is 0 Å². The van der Waals surface area contributed by atoms with Crippen molar-refractivity contribution in [2.24, 2.45) is 7.05 Å². The Labute approximate surface area is 85.4 Å². The van der Waals surface area contributed by atoms with Crippen LogP contribution in [0.2, 0.25) is 0 Å². The molecule has 0 radical (unpaired) electrons. The summed E-state index contributed by atoms with van der Waals surface area (Å²) in [4.78, 5) is 0. The summed E-state index contributed by atoms with van der Waals surface area (Å²) in [5.74, 6) is 2.19. The zero-order valence-electron chi connectivity index (χ0n) is 8.04. The normalized spacial score (nSPS) is 13.1. The van der Waals surface area contributed by atoms with Crippen molar-refractivity contribution in [1.29, 1.82) is 0 Å². The Balaban J connectivity index is 2.11. The summed E-state index contributed by atoms with van der Waals surface area (Å²) in [6.07, 6.45) is 0. The minimum Gasteiger partial charge on any atom is -0.454 e. The Bertz CT molecular complexity index is 509. The van der Waals surface area contributed by atoms with Gasteiger partial charge in [-0.15, -0.1) is 5.10 Å². The Morgan fingerprint density at radius 3 is 2.93 bits per heavy atom. The van der Waals surface area contributed by atoms with Gasteiger partial charge in [0.05, 0.1) is 0 Å². The molecule has 1 aromatic carbocycles. The topological polar surface area (TPSA) is 62.1 Å². The van der Waals surface area contributed by atoms with Crippen molar-refractivity contribution in [3.8, 4) is 22.9 Å². The molecule has 0 spiro atoms. The zero-order chi connectivity index (χ0) is 10.3. The minimum atomic E-state index is 0.274. The molecule has 1 aliphatic heterocycles. The van der Waals surface area contributed by atoms with E-state index in [4.69, 9.17) is 9.47 Å². The van der Waals surface area contributed by atoms with Gasteiger partial charge in [-0.3, -0.25) is 0 Å². The molecular weight excluding hydrogens is 196 g/mol. The summed E-state index contributed by atoms with van der Waals surface area (Å²) in [5, 5.41) is 11.3. The monoisotopic (exact) mass is 204 g/mol. The van der Waals surface area contributed by atoms with Crippen LogP contribution in [0.4, 0.5) is 0 Å². The van der Waals surface area contributed by atoms with Gasteiger partial charge in [-0.05, 0) is 28.6 Å². The number of tetrazole rings is 1. The molecule has 2 aromatic rings. The second-order valence-electron chi connectivity index (χ2n) is 3.19. The van der Waals surface area contributed by atoms with E-state index in [0.717, 1.165) is 17.1 Å². The third-order valence-corrected chi connectivity index (χ3v) is 2.25. The number of hydrogen-bond acceptors (Lipinski definition) is 5. The Morgan fingerprint density at radius 1 is 1.27 bits per heavy atom. The van der Waals surface area contributed by atoms with E-state index in [9.17, 15) is 0 Å². The fourth-order valence-electron chi connectivity index (χ4n) is 1.51. The van der Waals surface area contributed by atoms with Crippen molar-refractivity contribution >= 4 is 0 Å². The molecule has 3 rings (SSSR count). The molecular formula is C9H8N4O2. The molecule has 0 aliphatic carbocycles. The van der Waals surface area contributed by atoms with Crippen LogP contribution in [0.3, 0.4) is 0 Å². The summed E-state index contributed by atoms with van der Waals surface area (Å²) in [6.45, 7) is 0.274. The van der Waals surface area contributed by atoms with Gasteiger partial charge in [0.1, 0.15) is 0 Å². The molecule has 76 valence electrons. The van der Waals surface area contributed by atoms with Gasteiger partial charge < -0.3 is 9.47 Å². The molecule has 0 saturated carbocycles. The predicted octanol–water partition coefficient (Wildman–Crippen LogP) is 0.606. The number of aromatic nitrogens is 4. The molecule has 6 heteroatoms. The predicted molar refractivity (Wildman–Crippen MR) is 50.4 cm³/mol. The van der Waals surface area contributed by atoms with Crippen molar-refractivity contribution in [3.05, 3.63) is 18.2 Å². The van der Waals surface area contributed by atoms with Crippen molar-refractivity contribution < 1.29 is 9.47 Å². The summed E-state index contributed by atoms with van der Waals surface area (Å²) in [7, 11) is 1.79. The molecule has 6 nitrogen and oxygen atoms in total. The third kappa shape index (κ3) is 1.22. The van der Waals surface area contributed by atoms with Crippen molar-refractivity contribution in [3.63, 3.8) is 0 Å². The number of benzene rings is 1. The highest BCUT2D eigenvalue weighted by Crippen LogP contribution is 2.34. The number of ether oxygens (including phenoxy) is 2. The van der Waals surface area contributed by atoms with E-state index in [1.54, 1.807) is 11.7 Å². The Morgan fingerprint density at radius 2 is 2.13 bits per heavy atom. The van der Waals surface area contributed by atoms with Gasteiger partial charge in [0.15, 0.2) is 17.3 Å². The van der Waals surface area contributed by atoms with E-state index >= 15 is 0 Å². The van der Waals surface area contributed by atoms with Crippen molar-refractivity contribution in [1.82, 2.24) is 20.2 Å². The number of fused-ring (bicyclic) bond motifs is 1. The molecule has 2 heterocycles. The molecule has 0 fully saturated rings. The van der Waals surface area contributed by atoms with E-state index < -0.39 is 0 Å². The molecule has 0 N–H and O–H groups in total. The molecule has 0 bridgehead atoms. The van der Waals surface area contributed by atoms with Crippen molar-refractivity contribution in [2.45, 2.75) is 0 Å².